The van der Waals surface area contributed by atoms with E-state index in [0.717, 1.165) is 12.1 Å². The van der Waals surface area contributed by atoms with Crippen molar-refractivity contribution in [3.8, 4) is 0 Å². The molecule has 0 saturated heterocycles. The minimum atomic E-state index is -0.723. The van der Waals surface area contributed by atoms with Crippen molar-refractivity contribution in [1.82, 2.24) is 5.43 Å². The molecule has 1 aromatic carbocycles. The molecule has 0 aromatic heterocycles. The first-order valence-electron chi connectivity index (χ1n) is 3.68. The molecule has 0 saturated carbocycles. The van der Waals surface area contributed by atoms with Crippen LogP contribution in [0.3, 0.4) is 0 Å². The van der Waals surface area contributed by atoms with Crippen LogP contribution in [0.1, 0.15) is 5.56 Å². The van der Waals surface area contributed by atoms with Crippen LogP contribution in [0.15, 0.2) is 17.1 Å². The highest BCUT2D eigenvalue weighted by Gasteiger charge is 2.12. The number of hydrazine groups is 1. The van der Waals surface area contributed by atoms with Crippen LogP contribution in [0.2, 0.25) is 5.02 Å². The lowest BCUT2D eigenvalue weighted by atomic mass is 10.2. The number of nitrogens with one attached hydrogen (secondary N) is 1. The van der Waals surface area contributed by atoms with Crippen molar-refractivity contribution in [2.75, 3.05) is 7.05 Å². The van der Waals surface area contributed by atoms with Gasteiger partial charge in [0.15, 0.2) is 0 Å². The Labute approximate surface area is 84.6 Å². The van der Waals surface area contributed by atoms with Crippen LogP contribution in [-0.4, -0.2) is 12.9 Å². The lowest BCUT2D eigenvalue weighted by Gasteiger charge is -2.06. The molecule has 6 heteroatoms. The van der Waals surface area contributed by atoms with Crippen LogP contribution in [0.5, 0.6) is 0 Å². The van der Waals surface area contributed by atoms with Crippen molar-refractivity contribution in [3.63, 3.8) is 0 Å². The van der Waals surface area contributed by atoms with E-state index in [1.807, 2.05) is 0 Å². The maximum atomic E-state index is 13.2. The predicted molar refractivity (Wildman–Crippen MR) is 51.2 cm³/mol. The molecule has 3 N–H and O–H groups in total. The van der Waals surface area contributed by atoms with E-state index in [1.54, 1.807) is 0 Å². The first-order valence-corrected chi connectivity index (χ1v) is 4.06. The Hall–Kier alpha value is -1.20. The van der Waals surface area contributed by atoms with Gasteiger partial charge in [0.2, 0.25) is 0 Å². The van der Waals surface area contributed by atoms with Gasteiger partial charge in [-0.05, 0) is 12.1 Å². The zero-order valence-electron chi connectivity index (χ0n) is 7.31. The molecule has 0 spiro atoms. The second-order valence-corrected chi connectivity index (χ2v) is 2.87. The number of amidine groups is 1. The topological polar surface area (TPSA) is 50.4 Å². The summed E-state index contributed by atoms with van der Waals surface area (Å²) in [6.07, 6.45) is 0. The molecule has 0 aliphatic heterocycles. The number of rotatable bonds is 1. The average Bonchev–Trinajstić information content (AvgIpc) is 2.15. The lowest BCUT2D eigenvalue weighted by molar-refractivity contribution is 0.597. The third-order valence-electron chi connectivity index (χ3n) is 1.63. The average molecular weight is 220 g/mol. The van der Waals surface area contributed by atoms with Gasteiger partial charge >= 0.3 is 0 Å². The molecule has 0 fully saturated rings. The fourth-order valence-electron chi connectivity index (χ4n) is 0.967. The number of aliphatic imine (C=N–C) groups is 1. The molecule has 1 rings (SSSR count). The molecule has 0 aliphatic rings. The van der Waals surface area contributed by atoms with E-state index in [4.69, 9.17) is 17.4 Å². The fraction of sp³-hybridized carbons (Fsp3) is 0.125. The van der Waals surface area contributed by atoms with Crippen LogP contribution in [0, 0.1) is 11.6 Å². The molecule has 0 atom stereocenters. The van der Waals surface area contributed by atoms with Crippen LogP contribution in [0.25, 0.3) is 0 Å². The maximum Gasteiger partial charge on any atom is 0.145 e. The molecule has 14 heavy (non-hydrogen) atoms. The molecule has 0 aliphatic carbocycles. The molecule has 0 heterocycles. The Morgan fingerprint density at radius 2 is 2.07 bits per heavy atom. The van der Waals surface area contributed by atoms with E-state index in [-0.39, 0.29) is 16.4 Å². The number of hydrogen-bond acceptors (Lipinski definition) is 2. The first-order chi connectivity index (χ1) is 6.60. The molecule has 1 aromatic rings. The van der Waals surface area contributed by atoms with E-state index in [0.29, 0.717) is 0 Å². The standard InChI is InChI=1S/C8H8ClF2N3/c1-13-8(14-12)4-2-7(11)5(9)3-6(4)10/h2-3H,12H2,1H3,(H,13,14). The van der Waals surface area contributed by atoms with Gasteiger partial charge in [-0.2, -0.15) is 0 Å². The summed E-state index contributed by atoms with van der Waals surface area (Å²) in [5, 5.41) is -0.279. The Morgan fingerprint density at radius 1 is 1.43 bits per heavy atom. The summed E-state index contributed by atoms with van der Waals surface area (Å²) < 4.78 is 26.2. The molecule has 0 unspecified atom stereocenters. The largest absolute Gasteiger partial charge is 0.308 e. The number of hydrogen-bond donors (Lipinski definition) is 2. The van der Waals surface area contributed by atoms with Crippen LogP contribution in [0.4, 0.5) is 8.78 Å². The third kappa shape index (κ3) is 2.00. The smallest absolute Gasteiger partial charge is 0.145 e. The van der Waals surface area contributed by atoms with Crippen LogP contribution < -0.4 is 11.3 Å². The second-order valence-electron chi connectivity index (χ2n) is 2.46. The normalized spacial score (nSPS) is 11.6. The molecule has 0 bridgehead atoms. The van der Waals surface area contributed by atoms with E-state index >= 15 is 0 Å². The van der Waals surface area contributed by atoms with E-state index in [9.17, 15) is 8.78 Å². The summed E-state index contributed by atoms with van der Waals surface area (Å²) in [6.45, 7) is 0. The Balaban J connectivity index is 3.28. The molecule has 0 radical (unpaired) electrons. The van der Waals surface area contributed by atoms with E-state index in [1.165, 1.54) is 7.05 Å². The highest BCUT2D eigenvalue weighted by molar-refractivity contribution is 6.30. The van der Waals surface area contributed by atoms with Crippen molar-refractivity contribution >= 4 is 17.4 Å². The summed E-state index contributed by atoms with van der Waals surface area (Å²) in [4.78, 5) is 3.64. The Bertz CT molecular complexity index is 379. The number of benzene rings is 1. The first kappa shape index (κ1) is 10.9. The summed E-state index contributed by atoms with van der Waals surface area (Å²) in [5.41, 5.74) is 2.10. The van der Waals surface area contributed by atoms with Crippen molar-refractivity contribution in [2.45, 2.75) is 0 Å². The van der Waals surface area contributed by atoms with Gasteiger partial charge in [-0.3, -0.25) is 4.99 Å². The summed E-state index contributed by atoms with van der Waals surface area (Å²) >= 11 is 5.37. The van der Waals surface area contributed by atoms with Gasteiger partial charge in [0.25, 0.3) is 0 Å². The highest BCUT2D eigenvalue weighted by Crippen LogP contribution is 2.19. The Kier molecular flexibility index (Phi) is 3.38. The zero-order valence-corrected chi connectivity index (χ0v) is 8.07. The van der Waals surface area contributed by atoms with Gasteiger partial charge < -0.3 is 5.43 Å². The van der Waals surface area contributed by atoms with Crippen LogP contribution >= 0.6 is 11.6 Å². The van der Waals surface area contributed by atoms with Crippen LogP contribution in [-0.2, 0) is 0 Å². The molecule has 3 nitrogen and oxygen atoms in total. The monoisotopic (exact) mass is 219 g/mol. The van der Waals surface area contributed by atoms with Gasteiger partial charge in [-0.1, -0.05) is 11.6 Å². The minimum Gasteiger partial charge on any atom is -0.308 e. The molecular formula is C8H8ClF2N3. The van der Waals surface area contributed by atoms with Gasteiger partial charge in [0.1, 0.15) is 17.5 Å². The highest BCUT2D eigenvalue weighted by atomic mass is 35.5. The molecule has 76 valence electrons. The maximum absolute atomic E-state index is 13.2. The number of nitrogens with two attached hydrogens (primary N) is 1. The third-order valence-corrected chi connectivity index (χ3v) is 1.92. The number of nitrogens with zero attached hydrogens (tertiary/aromatic N) is 1. The molecule has 0 amide bonds. The number of halogens is 3. The van der Waals surface area contributed by atoms with Crippen molar-refractivity contribution in [2.24, 2.45) is 10.8 Å². The fourth-order valence-corrected chi connectivity index (χ4v) is 1.12. The summed E-state index contributed by atoms with van der Waals surface area (Å²) in [7, 11) is 1.40. The quantitative estimate of drug-likeness (QED) is 0.247. The van der Waals surface area contributed by atoms with Crippen molar-refractivity contribution in [1.29, 1.82) is 0 Å². The van der Waals surface area contributed by atoms with Gasteiger partial charge in [-0.15, -0.1) is 0 Å². The van der Waals surface area contributed by atoms with E-state index < -0.39 is 11.6 Å². The van der Waals surface area contributed by atoms with Crippen molar-refractivity contribution < 1.29 is 8.78 Å². The second kappa shape index (κ2) is 4.34. The summed E-state index contributed by atoms with van der Waals surface area (Å²) in [6, 6.07) is 1.80. The summed E-state index contributed by atoms with van der Waals surface area (Å²) in [5.74, 6) is 3.72. The lowest BCUT2D eigenvalue weighted by Crippen LogP contribution is -2.31. The SMILES string of the molecule is CN=C(NN)c1cc(F)c(Cl)cc1F. The molecular weight excluding hydrogens is 212 g/mol. The van der Waals surface area contributed by atoms with Gasteiger partial charge in [-0.25, -0.2) is 14.6 Å². The van der Waals surface area contributed by atoms with E-state index in [2.05, 4.69) is 10.4 Å². The Morgan fingerprint density at radius 3 is 2.57 bits per heavy atom. The zero-order chi connectivity index (χ0) is 10.7. The minimum absolute atomic E-state index is 0.0538. The van der Waals surface area contributed by atoms with Gasteiger partial charge in [0.05, 0.1) is 10.6 Å². The predicted octanol–water partition coefficient (Wildman–Crippen LogP) is 1.46. The van der Waals surface area contributed by atoms with Gasteiger partial charge in [0, 0.05) is 7.05 Å². The van der Waals surface area contributed by atoms with Crippen molar-refractivity contribution in [3.05, 3.63) is 34.4 Å².